The van der Waals surface area contributed by atoms with Crippen molar-refractivity contribution in [2.24, 2.45) is 0 Å². The molecule has 0 unspecified atom stereocenters. The first-order chi connectivity index (χ1) is 30.2. The van der Waals surface area contributed by atoms with Crippen molar-refractivity contribution in [1.82, 2.24) is 19.5 Å². The SMILES string of the molecule is c1ccc(-c2ccc(-c3nc(-c4cccc5c4oc4ccccc45)nc(-c4ccc(-n5c6ccccc6c6cc7ccccc7cc65)c5oc6ccccc6c45)n3)cc2)cc1. The van der Waals surface area contributed by atoms with Crippen molar-refractivity contribution in [3.8, 4) is 51.0 Å². The van der Waals surface area contributed by atoms with Crippen molar-refractivity contribution in [3.05, 3.63) is 194 Å². The third-order valence-electron chi connectivity index (χ3n) is 12.1. The molecule has 0 N–H and O–H groups in total. The van der Waals surface area contributed by atoms with Gasteiger partial charge in [-0.3, -0.25) is 0 Å². The van der Waals surface area contributed by atoms with Crippen molar-refractivity contribution in [1.29, 1.82) is 0 Å². The van der Waals surface area contributed by atoms with E-state index in [1.54, 1.807) is 0 Å². The van der Waals surface area contributed by atoms with Gasteiger partial charge in [0, 0.05) is 43.4 Å². The molecule has 9 aromatic carbocycles. The lowest BCUT2D eigenvalue weighted by molar-refractivity contribution is 0.666. The fraction of sp³-hybridized carbons (Fsp3) is 0. The molecule has 0 fully saturated rings. The highest BCUT2D eigenvalue weighted by atomic mass is 16.3. The predicted molar refractivity (Wildman–Crippen MR) is 248 cm³/mol. The lowest BCUT2D eigenvalue weighted by Crippen LogP contribution is -2.01. The van der Waals surface area contributed by atoms with Crippen molar-refractivity contribution >= 4 is 76.5 Å². The molecule has 0 spiro atoms. The summed E-state index contributed by atoms with van der Waals surface area (Å²) in [4.78, 5) is 15.8. The number of hydrogen-bond acceptors (Lipinski definition) is 5. The largest absolute Gasteiger partial charge is 0.455 e. The van der Waals surface area contributed by atoms with Crippen LogP contribution in [0.5, 0.6) is 0 Å². The molecule has 0 aliphatic rings. The molecule has 13 rings (SSSR count). The maximum atomic E-state index is 6.92. The van der Waals surface area contributed by atoms with Gasteiger partial charge in [-0.05, 0) is 70.4 Å². The van der Waals surface area contributed by atoms with Gasteiger partial charge < -0.3 is 13.4 Å². The maximum Gasteiger partial charge on any atom is 0.167 e. The zero-order chi connectivity index (χ0) is 40.0. The summed E-state index contributed by atoms with van der Waals surface area (Å²) >= 11 is 0. The van der Waals surface area contributed by atoms with Crippen LogP contribution in [0.25, 0.3) is 127 Å². The lowest BCUT2D eigenvalue weighted by atomic mass is 10.0. The summed E-state index contributed by atoms with van der Waals surface area (Å²) in [5, 5.41) is 8.73. The number of nitrogens with zero attached hydrogens (tertiary/aromatic N) is 4. The molecular weight excluding hydrogens is 749 g/mol. The van der Waals surface area contributed by atoms with Crippen LogP contribution in [0, 0.1) is 0 Å². The smallest absolute Gasteiger partial charge is 0.167 e. The average molecular weight is 781 g/mol. The van der Waals surface area contributed by atoms with E-state index in [1.165, 1.54) is 21.5 Å². The fourth-order valence-electron chi connectivity index (χ4n) is 9.20. The Morgan fingerprint density at radius 3 is 1.75 bits per heavy atom. The van der Waals surface area contributed by atoms with Crippen LogP contribution in [0.2, 0.25) is 0 Å². The standard InChI is InChI=1S/C55H32N4O2/c1-2-13-33(14-3-1)34-25-27-35(28-26-34)53-56-54(58-55(57-53)43-21-12-20-40-39-18-7-10-23-48(39)60-51(40)43)42-29-30-46(52-50(42)41-19-8-11-24-49(41)61-52)59-45-22-9-6-17-38(45)44-31-36-15-4-5-16-37(36)32-47(44)59/h1-32H. The van der Waals surface area contributed by atoms with E-state index in [9.17, 15) is 0 Å². The molecule has 0 saturated carbocycles. The molecule has 6 heteroatoms. The molecule has 0 bridgehead atoms. The highest BCUT2D eigenvalue weighted by Gasteiger charge is 2.24. The Labute approximate surface area is 348 Å². The summed E-state index contributed by atoms with van der Waals surface area (Å²) in [6, 6.07) is 67.4. The highest BCUT2D eigenvalue weighted by molar-refractivity contribution is 6.18. The Kier molecular flexibility index (Phi) is 7.21. The molecule has 13 aromatic rings. The quantitative estimate of drug-likeness (QED) is 0.174. The first kappa shape index (κ1) is 33.6. The molecule has 284 valence electrons. The van der Waals surface area contributed by atoms with Gasteiger partial charge in [0.05, 0.1) is 22.3 Å². The van der Waals surface area contributed by atoms with Crippen LogP contribution < -0.4 is 0 Å². The van der Waals surface area contributed by atoms with E-state index in [0.717, 1.165) is 88.4 Å². The zero-order valence-electron chi connectivity index (χ0n) is 32.6. The van der Waals surface area contributed by atoms with Crippen molar-refractivity contribution in [2.75, 3.05) is 0 Å². The number of rotatable bonds is 5. The molecule has 4 aromatic heterocycles. The first-order valence-electron chi connectivity index (χ1n) is 20.4. The number of fused-ring (bicyclic) bond motifs is 10. The normalized spacial score (nSPS) is 11.9. The van der Waals surface area contributed by atoms with E-state index >= 15 is 0 Å². The Bertz CT molecular complexity index is 3880. The number of benzene rings is 9. The second kappa shape index (κ2) is 13.1. The second-order valence-electron chi connectivity index (χ2n) is 15.5. The van der Waals surface area contributed by atoms with Gasteiger partial charge in [-0.15, -0.1) is 0 Å². The van der Waals surface area contributed by atoms with E-state index in [1.807, 2.05) is 48.5 Å². The molecule has 0 atom stereocenters. The van der Waals surface area contributed by atoms with Crippen LogP contribution in [0.4, 0.5) is 0 Å². The van der Waals surface area contributed by atoms with Crippen LogP contribution in [0.15, 0.2) is 203 Å². The number of furan rings is 2. The Hall–Kier alpha value is -8.35. The summed E-state index contributed by atoms with van der Waals surface area (Å²) in [6.45, 7) is 0. The molecule has 0 aliphatic heterocycles. The number of hydrogen-bond donors (Lipinski definition) is 0. The molecule has 61 heavy (non-hydrogen) atoms. The Morgan fingerprint density at radius 2 is 0.934 bits per heavy atom. The van der Waals surface area contributed by atoms with E-state index in [2.05, 4.69) is 150 Å². The minimum absolute atomic E-state index is 0.524. The minimum Gasteiger partial charge on any atom is -0.455 e. The summed E-state index contributed by atoms with van der Waals surface area (Å²) in [5.41, 5.74) is 11.0. The predicted octanol–water partition coefficient (Wildman–Crippen LogP) is 14.6. The van der Waals surface area contributed by atoms with Gasteiger partial charge >= 0.3 is 0 Å². The summed E-state index contributed by atoms with van der Waals surface area (Å²) < 4.78 is 15.8. The topological polar surface area (TPSA) is 69.9 Å². The molecule has 6 nitrogen and oxygen atoms in total. The number of para-hydroxylation sites is 4. The summed E-state index contributed by atoms with van der Waals surface area (Å²) in [7, 11) is 0. The molecule has 0 saturated heterocycles. The van der Waals surface area contributed by atoms with Gasteiger partial charge in [0.25, 0.3) is 0 Å². The third kappa shape index (κ3) is 5.19. The van der Waals surface area contributed by atoms with Crippen molar-refractivity contribution < 1.29 is 8.83 Å². The summed E-state index contributed by atoms with van der Waals surface area (Å²) in [5.74, 6) is 1.62. The second-order valence-corrected chi connectivity index (χ2v) is 15.5. The fourth-order valence-corrected chi connectivity index (χ4v) is 9.20. The molecular formula is C55H32N4O2. The van der Waals surface area contributed by atoms with Crippen LogP contribution in [0.1, 0.15) is 0 Å². The van der Waals surface area contributed by atoms with Gasteiger partial charge in [0.2, 0.25) is 0 Å². The van der Waals surface area contributed by atoms with Crippen molar-refractivity contribution in [2.45, 2.75) is 0 Å². The van der Waals surface area contributed by atoms with Crippen LogP contribution in [-0.2, 0) is 0 Å². The molecule has 0 amide bonds. The van der Waals surface area contributed by atoms with E-state index in [4.69, 9.17) is 23.8 Å². The number of aromatic nitrogens is 4. The van der Waals surface area contributed by atoms with E-state index in [-0.39, 0.29) is 0 Å². The lowest BCUT2D eigenvalue weighted by Gasteiger charge is -2.13. The van der Waals surface area contributed by atoms with E-state index < -0.39 is 0 Å². The maximum absolute atomic E-state index is 6.92. The first-order valence-corrected chi connectivity index (χ1v) is 20.4. The zero-order valence-corrected chi connectivity index (χ0v) is 32.6. The van der Waals surface area contributed by atoms with Gasteiger partial charge in [0.1, 0.15) is 16.7 Å². The Morgan fingerprint density at radius 1 is 0.344 bits per heavy atom. The van der Waals surface area contributed by atoms with Gasteiger partial charge in [0.15, 0.2) is 23.1 Å². The van der Waals surface area contributed by atoms with Crippen LogP contribution >= 0.6 is 0 Å². The Balaban J connectivity index is 1.08. The van der Waals surface area contributed by atoms with E-state index in [0.29, 0.717) is 17.5 Å². The molecule has 0 radical (unpaired) electrons. The monoisotopic (exact) mass is 780 g/mol. The van der Waals surface area contributed by atoms with Crippen molar-refractivity contribution in [3.63, 3.8) is 0 Å². The average Bonchev–Trinajstić information content (AvgIpc) is 4.01. The van der Waals surface area contributed by atoms with Gasteiger partial charge in [-0.1, -0.05) is 146 Å². The highest BCUT2D eigenvalue weighted by Crippen LogP contribution is 2.43. The van der Waals surface area contributed by atoms with Gasteiger partial charge in [-0.2, -0.15) is 0 Å². The van der Waals surface area contributed by atoms with Crippen LogP contribution in [0.3, 0.4) is 0 Å². The van der Waals surface area contributed by atoms with Crippen LogP contribution in [-0.4, -0.2) is 19.5 Å². The molecule has 0 aliphatic carbocycles. The van der Waals surface area contributed by atoms with Gasteiger partial charge in [-0.25, -0.2) is 15.0 Å². The summed E-state index contributed by atoms with van der Waals surface area (Å²) in [6.07, 6.45) is 0. The molecule has 4 heterocycles. The minimum atomic E-state index is 0.524. The third-order valence-corrected chi connectivity index (χ3v) is 12.1.